The first-order valence-electron chi connectivity index (χ1n) is 6.74. The van der Waals surface area contributed by atoms with Crippen LogP contribution in [0.3, 0.4) is 0 Å². The maximum absolute atomic E-state index is 4.43. The van der Waals surface area contributed by atoms with E-state index in [-0.39, 0.29) is 0 Å². The van der Waals surface area contributed by atoms with Gasteiger partial charge in [-0.15, -0.1) is 0 Å². The Morgan fingerprint density at radius 3 is 2.86 bits per heavy atom. The fourth-order valence-electron chi connectivity index (χ4n) is 2.50. The second-order valence-electron chi connectivity index (χ2n) is 4.84. The van der Waals surface area contributed by atoms with E-state index in [0.29, 0.717) is 6.67 Å². The van der Waals surface area contributed by atoms with Crippen molar-refractivity contribution in [1.82, 2.24) is 14.2 Å². The molecular weight excluding hydrogens is 282 g/mol. The molecule has 3 aromatic rings. The first kappa shape index (κ1) is 12.3. The van der Waals surface area contributed by atoms with Crippen LogP contribution in [0, 0.1) is 0 Å². The van der Waals surface area contributed by atoms with Gasteiger partial charge < -0.3 is 4.90 Å². The number of aromatic nitrogens is 2. The topological polar surface area (TPSA) is 53.4 Å². The molecule has 2 aromatic carbocycles. The van der Waals surface area contributed by atoms with Crippen LogP contribution in [0.1, 0.15) is 5.56 Å². The molecule has 0 saturated carbocycles. The monoisotopic (exact) mass is 295 g/mol. The summed E-state index contributed by atoms with van der Waals surface area (Å²) in [4.78, 5) is 2.16. The minimum Gasteiger partial charge on any atom is -0.306 e. The third kappa shape index (κ3) is 2.23. The Bertz CT molecular complexity index is 796. The van der Waals surface area contributed by atoms with Gasteiger partial charge in [-0.05, 0) is 17.7 Å². The molecule has 5 nitrogen and oxygen atoms in total. The molecular formula is C15H13N5S. The van der Waals surface area contributed by atoms with Gasteiger partial charge in [0.1, 0.15) is 23.5 Å². The van der Waals surface area contributed by atoms with Gasteiger partial charge in [0.15, 0.2) is 0 Å². The molecule has 6 heteroatoms. The van der Waals surface area contributed by atoms with Gasteiger partial charge >= 0.3 is 0 Å². The smallest absolute Gasteiger partial charge is 0.135 e. The second-order valence-corrected chi connectivity index (χ2v) is 5.37. The predicted molar refractivity (Wildman–Crippen MR) is 85.5 cm³/mol. The number of hydrogen-bond donors (Lipinski definition) is 1. The van der Waals surface area contributed by atoms with Crippen molar-refractivity contribution in [2.75, 3.05) is 11.6 Å². The average Bonchev–Trinajstić information content (AvgIpc) is 3.16. The summed E-state index contributed by atoms with van der Waals surface area (Å²) in [5.74, 6) is 1.00. The number of fused-ring (bicyclic) bond motifs is 1. The molecule has 0 spiro atoms. The van der Waals surface area contributed by atoms with Crippen LogP contribution in [0.15, 0.2) is 53.6 Å². The molecule has 0 saturated heterocycles. The summed E-state index contributed by atoms with van der Waals surface area (Å²) in [5.41, 5.74) is 7.24. The maximum atomic E-state index is 4.43. The maximum Gasteiger partial charge on any atom is 0.135 e. The second kappa shape index (κ2) is 5.14. The lowest BCUT2D eigenvalue weighted by Crippen LogP contribution is -2.30. The van der Waals surface area contributed by atoms with Gasteiger partial charge in [-0.25, -0.2) is 0 Å². The summed E-state index contributed by atoms with van der Waals surface area (Å²) < 4.78 is 8.71. The van der Waals surface area contributed by atoms with E-state index in [1.807, 2.05) is 30.3 Å². The molecule has 104 valence electrons. The van der Waals surface area contributed by atoms with Crippen molar-refractivity contribution in [3.8, 4) is 0 Å². The number of nitrogens with one attached hydrogen (secondary N) is 1. The standard InChI is InChI=1S/C15H13N5S/c1-2-5-11(6-3-1)9-14-17-16-10-20(14)13-8-4-7-12-15(13)19-21-18-12/h1-8,16H,9-10H2. The number of amidine groups is 1. The molecule has 1 aliphatic rings. The van der Waals surface area contributed by atoms with E-state index in [0.717, 1.165) is 29.0 Å². The lowest BCUT2D eigenvalue weighted by Gasteiger charge is -2.19. The van der Waals surface area contributed by atoms with Crippen LogP contribution in [-0.4, -0.2) is 21.3 Å². The molecule has 0 fully saturated rings. The summed E-state index contributed by atoms with van der Waals surface area (Å²) in [6.07, 6.45) is 0.793. The Labute approximate surface area is 126 Å². The molecule has 1 aliphatic heterocycles. The molecule has 21 heavy (non-hydrogen) atoms. The largest absolute Gasteiger partial charge is 0.306 e. The van der Waals surface area contributed by atoms with E-state index in [1.54, 1.807) is 0 Å². The van der Waals surface area contributed by atoms with Gasteiger partial charge in [0.2, 0.25) is 0 Å². The molecule has 4 rings (SSSR count). The Morgan fingerprint density at radius 2 is 1.95 bits per heavy atom. The molecule has 0 amide bonds. The first-order valence-corrected chi connectivity index (χ1v) is 7.47. The number of benzene rings is 2. The summed E-state index contributed by atoms with van der Waals surface area (Å²) >= 11 is 1.24. The van der Waals surface area contributed by atoms with Crippen molar-refractivity contribution in [3.63, 3.8) is 0 Å². The van der Waals surface area contributed by atoms with Gasteiger partial charge in [-0.2, -0.15) is 13.8 Å². The van der Waals surface area contributed by atoms with E-state index < -0.39 is 0 Å². The van der Waals surface area contributed by atoms with Crippen molar-refractivity contribution < 1.29 is 0 Å². The predicted octanol–water partition coefficient (Wildman–Crippen LogP) is 2.61. The summed E-state index contributed by atoms with van der Waals surface area (Å²) in [7, 11) is 0. The minimum atomic E-state index is 0.665. The molecule has 1 aromatic heterocycles. The van der Waals surface area contributed by atoms with Crippen LogP contribution >= 0.6 is 11.7 Å². The number of anilines is 1. The van der Waals surface area contributed by atoms with Crippen molar-refractivity contribution in [2.45, 2.75) is 6.42 Å². The molecule has 2 heterocycles. The van der Waals surface area contributed by atoms with E-state index in [4.69, 9.17) is 0 Å². The highest BCUT2D eigenvalue weighted by atomic mass is 32.1. The molecule has 0 aliphatic carbocycles. The van der Waals surface area contributed by atoms with E-state index in [9.17, 15) is 0 Å². The highest BCUT2D eigenvalue weighted by Gasteiger charge is 2.21. The van der Waals surface area contributed by atoms with Crippen molar-refractivity contribution in [2.24, 2.45) is 5.10 Å². The molecule has 0 atom stereocenters. The Hall–Kier alpha value is -2.47. The van der Waals surface area contributed by atoms with Crippen LogP contribution < -0.4 is 10.3 Å². The third-order valence-electron chi connectivity index (χ3n) is 3.51. The summed E-state index contributed by atoms with van der Waals surface area (Å²) in [5, 5.41) is 4.43. The number of hydrogen-bond acceptors (Lipinski definition) is 6. The van der Waals surface area contributed by atoms with Crippen molar-refractivity contribution in [3.05, 3.63) is 54.1 Å². The fourth-order valence-corrected chi connectivity index (χ4v) is 3.04. The normalized spacial score (nSPS) is 14.3. The van der Waals surface area contributed by atoms with Crippen LogP contribution in [0.25, 0.3) is 11.0 Å². The lowest BCUT2D eigenvalue weighted by atomic mass is 10.1. The van der Waals surface area contributed by atoms with Crippen LogP contribution in [0.4, 0.5) is 5.69 Å². The molecule has 0 bridgehead atoms. The summed E-state index contributed by atoms with van der Waals surface area (Å²) in [6, 6.07) is 16.4. The quantitative estimate of drug-likeness (QED) is 0.807. The first-order chi connectivity index (χ1) is 10.4. The van der Waals surface area contributed by atoms with Crippen LogP contribution in [0.2, 0.25) is 0 Å². The zero-order valence-electron chi connectivity index (χ0n) is 11.2. The van der Waals surface area contributed by atoms with Gasteiger partial charge in [-0.1, -0.05) is 36.4 Å². The highest BCUT2D eigenvalue weighted by molar-refractivity contribution is 7.00. The number of rotatable bonds is 3. The minimum absolute atomic E-state index is 0.665. The molecule has 0 radical (unpaired) electrons. The van der Waals surface area contributed by atoms with Gasteiger partial charge in [0.05, 0.1) is 17.4 Å². The van der Waals surface area contributed by atoms with Gasteiger partial charge in [-0.3, -0.25) is 5.43 Å². The van der Waals surface area contributed by atoms with E-state index >= 15 is 0 Å². The Balaban J connectivity index is 1.69. The van der Waals surface area contributed by atoms with E-state index in [2.05, 4.69) is 42.4 Å². The van der Waals surface area contributed by atoms with Gasteiger partial charge in [0, 0.05) is 6.42 Å². The molecule has 0 unspecified atom stereocenters. The Morgan fingerprint density at radius 1 is 1.05 bits per heavy atom. The SMILES string of the molecule is c1ccc(CC2=NNCN2c2cccc3nsnc23)cc1. The Kier molecular flexibility index (Phi) is 3.01. The fraction of sp³-hybridized carbons (Fsp3) is 0.133. The summed E-state index contributed by atoms with van der Waals surface area (Å²) in [6.45, 7) is 0.665. The average molecular weight is 295 g/mol. The highest BCUT2D eigenvalue weighted by Crippen LogP contribution is 2.26. The van der Waals surface area contributed by atoms with Crippen molar-refractivity contribution in [1.29, 1.82) is 0 Å². The lowest BCUT2D eigenvalue weighted by molar-refractivity contribution is 0.808. The third-order valence-corrected chi connectivity index (χ3v) is 4.05. The van der Waals surface area contributed by atoms with E-state index in [1.165, 1.54) is 17.3 Å². The molecule has 1 N–H and O–H groups in total. The van der Waals surface area contributed by atoms with Crippen LogP contribution in [-0.2, 0) is 6.42 Å². The zero-order valence-corrected chi connectivity index (χ0v) is 12.0. The van der Waals surface area contributed by atoms with Gasteiger partial charge in [0.25, 0.3) is 0 Å². The van der Waals surface area contributed by atoms with Crippen LogP contribution in [0.5, 0.6) is 0 Å². The zero-order chi connectivity index (χ0) is 14.1. The van der Waals surface area contributed by atoms with Crippen molar-refractivity contribution >= 4 is 34.3 Å². The number of hydrazone groups is 1. The number of nitrogens with zero attached hydrogens (tertiary/aromatic N) is 4.